The van der Waals surface area contributed by atoms with Crippen LogP contribution in [-0.2, 0) is 16.1 Å². The highest BCUT2D eigenvalue weighted by Crippen LogP contribution is 2.22. The molecule has 0 saturated carbocycles. The average molecular weight is 419 g/mol. The molecule has 2 aliphatic heterocycles. The molecule has 0 spiro atoms. The Kier molecular flexibility index (Phi) is 5.65. The number of alkyl halides is 2. The van der Waals surface area contributed by atoms with Crippen molar-refractivity contribution in [3.63, 3.8) is 0 Å². The van der Waals surface area contributed by atoms with Crippen molar-refractivity contribution in [1.82, 2.24) is 19.8 Å². The van der Waals surface area contributed by atoms with Gasteiger partial charge in [0.1, 0.15) is 0 Å². The number of amides is 2. The summed E-state index contributed by atoms with van der Waals surface area (Å²) in [4.78, 5) is 44.4. The van der Waals surface area contributed by atoms with E-state index in [-0.39, 0.29) is 17.7 Å². The number of piperidine rings is 1. The van der Waals surface area contributed by atoms with Crippen LogP contribution in [0.1, 0.15) is 12.8 Å². The van der Waals surface area contributed by atoms with E-state index in [1.165, 1.54) is 0 Å². The summed E-state index contributed by atoms with van der Waals surface area (Å²) >= 11 is 0. The first-order valence-corrected chi connectivity index (χ1v) is 10.00. The van der Waals surface area contributed by atoms with Crippen LogP contribution in [0.5, 0.6) is 0 Å². The molecule has 0 bridgehead atoms. The number of anilines is 1. The molecule has 0 aliphatic carbocycles. The molecule has 0 radical (unpaired) electrons. The lowest BCUT2D eigenvalue weighted by molar-refractivity contribution is -0.137. The summed E-state index contributed by atoms with van der Waals surface area (Å²) in [5.41, 5.74) is 0.847. The number of hydrogen-bond donors (Lipinski definition) is 1. The number of benzene rings is 1. The first-order valence-electron chi connectivity index (χ1n) is 10.00. The predicted molar refractivity (Wildman–Crippen MR) is 107 cm³/mol. The lowest BCUT2D eigenvalue weighted by Crippen LogP contribution is -2.52. The lowest BCUT2D eigenvalue weighted by atomic mass is 9.97. The SMILES string of the molecule is O=C1CCC(C(=O)N2CCN(c3ccc4c(=O)n(CC(F)F)cnc4c3)CC2)CN1. The quantitative estimate of drug-likeness (QED) is 0.794. The van der Waals surface area contributed by atoms with Gasteiger partial charge in [-0.2, -0.15) is 0 Å². The molecule has 2 aliphatic rings. The van der Waals surface area contributed by atoms with Gasteiger partial charge in [0, 0.05) is 44.8 Å². The molecule has 2 fully saturated rings. The second-order valence-electron chi connectivity index (χ2n) is 7.65. The Hall–Kier alpha value is -3.04. The second-order valence-corrected chi connectivity index (χ2v) is 7.65. The van der Waals surface area contributed by atoms with Crippen LogP contribution in [0, 0.1) is 5.92 Å². The molecule has 1 unspecified atom stereocenters. The number of hydrogen-bond acceptors (Lipinski definition) is 5. The average Bonchev–Trinajstić information content (AvgIpc) is 2.75. The van der Waals surface area contributed by atoms with Gasteiger partial charge in [-0.25, -0.2) is 13.8 Å². The van der Waals surface area contributed by atoms with E-state index >= 15 is 0 Å². The number of rotatable bonds is 4. The fraction of sp³-hybridized carbons (Fsp3) is 0.500. The third-order valence-electron chi connectivity index (χ3n) is 5.71. The van der Waals surface area contributed by atoms with Crippen LogP contribution in [0.3, 0.4) is 0 Å². The smallest absolute Gasteiger partial charge is 0.261 e. The number of nitrogens with zero attached hydrogens (tertiary/aromatic N) is 4. The predicted octanol–water partition coefficient (Wildman–Crippen LogP) is 0.836. The monoisotopic (exact) mass is 419 g/mol. The second kappa shape index (κ2) is 8.37. The summed E-state index contributed by atoms with van der Waals surface area (Å²) in [5, 5.41) is 3.05. The first kappa shape index (κ1) is 20.2. The highest BCUT2D eigenvalue weighted by molar-refractivity contribution is 5.84. The van der Waals surface area contributed by atoms with Gasteiger partial charge in [-0.15, -0.1) is 0 Å². The largest absolute Gasteiger partial charge is 0.368 e. The molecule has 1 N–H and O–H groups in total. The lowest BCUT2D eigenvalue weighted by Gasteiger charge is -2.38. The van der Waals surface area contributed by atoms with Crippen molar-refractivity contribution in [2.45, 2.75) is 25.8 Å². The molecule has 2 aromatic rings. The van der Waals surface area contributed by atoms with Crippen molar-refractivity contribution in [3.05, 3.63) is 34.9 Å². The minimum absolute atomic E-state index is 0.00486. The van der Waals surface area contributed by atoms with Gasteiger partial charge in [-0.1, -0.05) is 0 Å². The van der Waals surface area contributed by atoms with Gasteiger partial charge in [0.05, 0.1) is 29.7 Å². The standard InChI is InChI=1S/C20H23F2N5O3/c21-17(22)11-27-12-24-16-9-14(2-3-15(16)20(27)30)25-5-7-26(8-6-25)19(29)13-1-4-18(28)23-10-13/h2-3,9,12-13,17H,1,4-8,10-11H2,(H,23,28). The topological polar surface area (TPSA) is 87.5 Å². The molecule has 10 heteroatoms. The Morgan fingerprint density at radius 1 is 1.20 bits per heavy atom. The number of nitrogens with one attached hydrogen (secondary N) is 1. The molecule has 4 rings (SSSR count). The number of carbonyl (C=O) groups is 2. The van der Waals surface area contributed by atoms with Crippen LogP contribution < -0.4 is 15.8 Å². The van der Waals surface area contributed by atoms with Gasteiger partial charge in [-0.05, 0) is 24.6 Å². The van der Waals surface area contributed by atoms with Crippen molar-refractivity contribution >= 4 is 28.4 Å². The zero-order valence-corrected chi connectivity index (χ0v) is 16.4. The molecule has 1 atom stereocenters. The van der Waals surface area contributed by atoms with Crippen molar-refractivity contribution in [2.75, 3.05) is 37.6 Å². The van der Waals surface area contributed by atoms with E-state index in [2.05, 4.69) is 15.2 Å². The Bertz CT molecular complexity index is 1010. The van der Waals surface area contributed by atoms with E-state index in [9.17, 15) is 23.2 Å². The number of fused-ring (bicyclic) bond motifs is 1. The van der Waals surface area contributed by atoms with Gasteiger partial charge in [0.2, 0.25) is 11.8 Å². The normalized spacial score (nSPS) is 20.0. The van der Waals surface area contributed by atoms with E-state index < -0.39 is 18.5 Å². The van der Waals surface area contributed by atoms with Crippen LogP contribution in [0.15, 0.2) is 29.3 Å². The molecule has 160 valence electrons. The maximum absolute atomic E-state index is 12.7. The Labute approximate surface area is 171 Å². The van der Waals surface area contributed by atoms with E-state index in [1.54, 1.807) is 18.2 Å². The van der Waals surface area contributed by atoms with Crippen LogP contribution in [0.2, 0.25) is 0 Å². The van der Waals surface area contributed by atoms with E-state index in [0.717, 1.165) is 16.6 Å². The van der Waals surface area contributed by atoms with Crippen molar-refractivity contribution in [3.8, 4) is 0 Å². The Morgan fingerprint density at radius 2 is 1.97 bits per heavy atom. The summed E-state index contributed by atoms with van der Waals surface area (Å²) < 4.78 is 26.1. The number of halogens is 2. The summed E-state index contributed by atoms with van der Waals surface area (Å²) in [6.07, 6.45) is -0.491. The minimum Gasteiger partial charge on any atom is -0.368 e. The van der Waals surface area contributed by atoms with Gasteiger partial charge < -0.3 is 15.1 Å². The number of piperazine rings is 1. The van der Waals surface area contributed by atoms with E-state index in [4.69, 9.17) is 0 Å². The summed E-state index contributed by atoms with van der Waals surface area (Å²) in [5.74, 6) is -0.0846. The molecule has 2 amide bonds. The summed E-state index contributed by atoms with van der Waals surface area (Å²) in [7, 11) is 0. The van der Waals surface area contributed by atoms with Crippen LogP contribution >= 0.6 is 0 Å². The van der Waals surface area contributed by atoms with Crippen LogP contribution in [0.4, 0.5) is 14.5 Å². The fourth-order valence-electron chi connectivity index (χ4n) is 4.01. The Morgan fingerprint density at radius 3 is 2.63 bits per heavy atom. The van der Waals surface area contributed by atoms with Crippen LogP contribution in [-0.4, -0.2) is 65.4 Å². The summed E-state index contributed by atoms with van der Waals surface area (Å²) in [6.45, 7) is 2.15. The van der Waals surface area contributed by atoms with Crippen molar-refractivity contribution in [1.29, 1.82) is 0 Å². The summed E-state index contributed by atoms with van der Waals surface area (Å²) in [6, 6.07) is 5.17. The highest BCUT2D eigenvalue weighted by atomic mass is 19.3. The van der Waals surface area contributed by atoms with E-state index in [1.807, 2.05) is 4.90 Å². The van der Waals surface area contributed by atoms with Gasteiger partial charge >= 0.3 is 0 Å². The maximum Gasteiger partial charge on any atom is 0.261 e. The molecular weight excluding hydrogens is 396 g/mol. The zero-order valence-electron chi connectivity index (χ0n) is 16.4. The van der Waals surface area contributed by atoms with Gasteiger partial charge in [0.15, 0.2) is 0 Å². The molecule has 2 saturated heterocycles. The molecule has 1 aromatic carbocycles. The molecule has 1 aromatic heterocycles. The molecule has 30 heavy (non-hydrogen) atoms. The van der Waals surface area contributed by atoms with Crippen molar-refractivity contribution < 1.29 is 18.4 Å². The molecule has 8 nitrogen and oxygen atoms in total. The van der Waals surface area contributed by atoms with Gasteiger partial charge in [0.25, 0.3) is 12.0 Å². The highest BCUT2D eigenvalue weighted by Gasteiger charge is 2.30. The van der Waals surface area contributed by atoms with Crippen molar-refractivity contribution in [2.24, 2.45) is 5.92 Å². The molecular formula is C20H23F2N5O3. The molecule has 3 heterocycles. The zero-order chi connectivity index (χ0) is 21.3. The number of aromatic nitrogens is 2. The maximum atomic E-state index is 12.7. The Balaban J connectivity index is 1.42. The third-order valence-corrected chi connectivity index (χ3v) is 5.71. The first-order chi connectivity index (χ1) is 14.4. The van der Waals surface area contributed by atoms with E-state index in [0.29, 0.717) is 56.5 Å². The van der Waals surface area contributed by atoms with Gasteiger partial charge in [-0.3, -0.25) is 19.0 Å². The van der Waals surface area contributed by atoms with Crippen LogP contribution in [0.25, 0.3) is 10.9 Å². The fourth-order valence-corrected chi connectivity index (χ4v) is 4.01. The minimum atomic E-state index is -2.62. The number of carbonyl (C=O) groups excluding carboxylic acids is 2. The third kappa shape index (κ3) is 4.12.